The van der Waals surface area contributed by atoms with Crippen molar-refractivity contribution in [2.24, 2.45) is 0 Å². The molecule has 2 aromatic rings. The molecule has 1 N–H and O–H groups in total. The molecule has 1 aliphatic rings. The molecule has 0 spiro atoms. The van der Waals surface area contributed by atoms with E-state index in [2.05, 4.69) is 15.5 Å². The number of piperazine rings is 1. The highest BCUT2D eigenvalue weighted by molar-refractivity contribution is 6.31. The molecule has 1 aromatic carbocycles. The molecule has 1 amide bonds. The third-order valence-electron chi connectivity index (χ3n) is 4.58. The molecule has 1 saturated heterocycles. The van der Waals surface area contributed by atoms with Crippen molar-refractivity contribution in [3.63, 3.8) is 0 Å². The monoisotopic (exact) mass is 378 g/mol. The van der Waals surface area contributed by atoms with Crippen LogP contribution in [0, 0.1) is 0 Å². The van der Waals surface area contributed by atoms with Crippen LogP contribution >= 0.6 is 11.6 Å². The van der Waals surface area contributed by atoms with Crippen molar-refractivity contribution >= 4 is 17.5 Å². The molecule has 3 rings (SSSR count). The Kier molecular flexibility index (Phi) is 6.24. The third kappa shape index (κ3) is 4.23. The lowest BCUT2D eigenvalue weighted by Gasteiger charge is -2.37. The van der Waals surface area contributed by atoms with Crippen LogP contribution in [0.2, 0.25) is 5.02 Å². The molecule has 1 aliphatic heterocycles. The van der Waals surface area contributed by atoms with E-state index in [9.17, 15) is 4.79 Å². The Morgan fingerprint density at radius 2 is 2.31 bits per heavy atom. The van der Waals surface area contributed by atoms with Crippen LogP contribution < -0.4 is 5.32 Å². The van der Waals surface area contributed by atoms with Crippen molar-refractivity contribution in [3.8, 4) is 0 Å². The summed E-state index contributed by atoms with van der Waals surface area (Å²) < 4.78 is 10.4. The van der Waals surface area contributed by atoms with Gasteiger partial charge in [-0.2, -0.15) is 4.98 Å². The summed E-state index contributed by atoms with van der Waals surface area (Å²) in [5, 5.41) is 7.90. The summed E-state index contributed by atoms with van der Waals surface area (Å²) in [5.74, 6) is 0.990. The maximum atomic E-state index is 12.8. The number of ether oxygens (including phenoxy) is 1. The summed E-state index contributed by atoms with van der Waals surface area (Å²) in [6.07, 6.45) is 0.478. The Morgan fingerprint density at radius 1 is 1.50 bits per heavy atom. The molecule has 26 heavy (non-hydrogen) atoms. The van der Waals surface area contributed by atoms with Gasteiger partial charge in [-0.3, -0.25) is 4.79 Å². The topological polar surface area (TPSA) is 80.5 Å². The van der Waals surface area contributed by atoms with Crippen LogP contribution in [0.25, 0.3) is 0 Å². The van der Waals surface area contributed by atoms with Crippen LogP contribution in [-0.4, -0.2) is 47.7 Å². The van der Waals surface area contributed by atoms with Crippen molar-refractivity contribution in [3.05, 3.63) is 46.6 Å². The molecule has 0 radical (unpaired) electrons. The standard InChI is InChI=1S/C18H23ClN4O3/c1-12(25-2)18-21-16(26-22-18)7-8-17(24)23-10-9-20-11-15(23)13-5-3-4-6-14(13)19/h3-6,12,15,20H,7-11H2,1-2H3. The van der Waals surface area contributed by atoms with Gasteiger partial charge < -0.3 is 19.5 Å². The first-order valence-electron chi connectivity index (χ1n) is 8.70. The quantitative estimate of drug-likeness (QED) is 0.832. The van der Waals surface area contributed by atoms with Gasteiger partial charge in [-0.1, -0.05) is 35.0 Å². The van der Waals surface area contributed by atoms with Crippen LogP contribution in [0.4, 0.5) is 0 Å². The number of carbonyl (C=O) groups excluding carboxylic acids is 1. The first-order valence-corrected chi connectivity index (χ1v) is 9.08. The van der Waals surface area contributed by atoms with E-state index in [1.165, 1.54) is 0 Å². The molecule has 140 valence electrons. The van der Waals surface area contributed by atoms with Crippen LogP contribution in [-0.2, 0) is 16.0 Å². The number of methoxy groups -OCH3 is 1. The molecule has 0 bridgehead atoms. The molecule has 0 aliphatic carbocycles. The van der Waals surface area contributed by atoms with Crippen molar-refractivity contribution in [1.82, 2.24) is 20.4 Å². The van der Waals surface area contributed by atoms with Gasteiger partial charge in [-0.05, 0) is 18.6 Å². The second kappa shape index (κ2) is 8.62. The fourth-order valence-electron chi connectivity index (χ4n) is 3.02. The number of amides is 1. The fourth-order valence-corrected chi connectivity index (χ4v) is 3.29. The zero-order valence-electron chi connectivity index (χ0n) is 14.9. The maximum absolute atomic E-state index is 12.8. The number of aromatic nitrogens is 2. The lowest BCUT2D eigenvalue weighted by atomic mass is 10.0. The van der Waals surface area contributed by atoms with Gasteiger partial charge in [0.2, 0.25) is 11.8 Å². The number of nitrogens with zero attached hydrogens (tertiary/aromatic N) is 3. The Labute approximate surface area is 157 Å². The van der Waals surface area contributed by atoms with Crippen molar-refractivity contribution < 1.29 is 14.1 Å². The maximum Gasteiger partial charge on any atom is 0.227 e. The summed E-state index contributed by atoms with van der Waals surface area (Å²) in [5.41, 5.74) is 0.962. The molecule has 0 saturated carbocycles. The summed E-state index contributed by atoms with van der Waals surface area (Å²) >= 11 is 6.34. The van der Waals surface area contributed by atoms with Gasteiger partial charge in [0.05, 0.1) is 6.04 Å². The number of hydrogen-bond donors (Lipinski definition) is 1. The minimum Gasteiger partial charge on any atom is -0.374 e. The second-order valence-corrected chi connectivity index (χ2v) is 6.66. The van der Waals surface area contributed by atoms with E-state index in [-0.39, 0.29) is 18.1 Å². The van der Waals surface area contributed by atoms with Gasteiger partial charge in [0.1, 0.15) is 6.10 Å². The molecule has 1 aromatic heterocycles. The highest BCUT2D eigenvalue weighted by Gasteiger charge is 2.29. The summed E-state index contributed by atoms with van der Waals surface area (Å²) in [7, 11) is 1.59. The number of benzene rings is 1. The number of halogens is 1. The lowest BCUT2D eigenvalue weighted by molar-refractivity contribution is -0.134. The Hall–Kier alpha value is -1.96. The molecule has 2 atom stereocenters. The van der Waals surface area contributed by atoms with E-state index in [4.69, 9.17) is 20.9 Å². The number of hydrogen-bond acceptors (Lipinski definition) is 6. The van der Waals surface area contributed by atoms with Crippen molar-refractivity contribution in [1.29, 1.82) is 0 Å². The smallest absolute Gasteiger partial charge is 0.227 e. The van der Waals surface area contributed by atoms with Crippen molar-refractivity contribution in [2.75, 3.05) is 26.7 Å². The van der Waals surface area contributed by atoms with Crippen LogP contribution in [0.3, 0.4) is 0 Å². The Bertz CT molecular complexity index is 752. The van der Waals surface area contributed by atoms with Crippen LogP contribution in [0.1, 0.15) is 42.8 Å². The average Bonchev–Trinajstić information content (AvgIpc) is 3.15. The van der Waals surface area contributed by atoms with Gasteiger partial charge in [-0.25, -0.2) is 0 Å². The minimum atomic E-state index is -0.235. The second-order valence-electron chi connectivity index (χ2n) is 6.25. The number of aryl methyl sites for hydroxylation is 1. The average molecular weight is 379 g/mol. The molecule has 8 heteroatoms. The Balaban J connectivity index is 1.65. The van der Waals surface area contributed by atoms with Gasteiger partial charge in [0, 0.05) is 44.6 Å². The predicted octanol–water partition coefficient (Wildman–Crippen LogP) is 2.54. The molecule has 2 heterocycles. The highest BCUT2D eigenvalue weighted by atomic mass is 35.5. The van der Waals surface area contributed by atoms with E-state index < -0.39 is 0 Å². The van der Waals surface area contributed by atoms with Gasteiger partial charge in [0.25, 0.3) is 0 Å². The number of carbonyl (C=O) groups is 1. The predicted molar refractivity (Wildman–Crippen MR) is 96.8 cm³/mol. The lowest BCUT2D eigenvalue weighted by Crippen LogP contribution is -2.48. The van der Waals surface area contributed by atoms with Crippen LogP contribution in [0.15, 0.2) is 28.8 Å². The van der Waals surface area contributed by atoms with Crippen molar-refractivity contribution in [2.45, 2.75) is 31.9 Å². The molecule has 1 fully saturated rings. The van der Waals surface area contributed by atoms with Crippen LogP contribution in [0.5, 0.6) is 0 Å². The van der Waals surface area contributed by atoms with Gasteiger partial charge in [0.15, 0.2) is 5.82 Å². The zero-order valence-corrected chi connectivity index (χ0v) is 15.7. The Morgan fingerprint density at radius 3 is 3.08 bits per heavy atom. The van der Waals surface area contributed by atoms with E-state index >= 15 is 0 Å². The van der Waals surface area contributed by atoms with E-state index in [1.807, 2.05) is 36.1 Å². The highest BCUT2D eigenvalue weighted by Crippen LogP contribution is 2.29. The van der Waals surface area contributed by atoms with Gasteiger partial charge >= 0.3 is 0 Å². The SMILES string of the molecule is COC(C)c1noc(CCC(=O)N2CCNCC2c2ccccc2Cl)n1. The molecular formula is C18H23ClN4O3. The first kappa shape index (κ1) is 18.8. The van der Waals surface area contributed by atoms with E-state index in [1.54, 1.807) is 7.11 Å². The number of nitrogens with one attached hydrogen (secondary N) is 1. The van der Waals surface area contributed by atoms with E-state index in [0.29, 0.717) is 42.7 Å². The van der Waals surface area contributed by atoms with Gasteiger partial charge in [-0.15, -0.1) is 0 Å². The molecule has 2 unspecified atom stereocenters. The number of rotatable bonds is 6. The summed E-state index contributed by atoms with van der Waals surface area (Å²) in [6.45, 7) is 3.94. The fraction of sp³-hybridized carbons (Fsp3) is 0.500. The molecular weight excluding hydrogens is 356 g/mol. The van der Waals surface area contributed by atoms with E-state index in [0.717, 1.165) is 12.1 Å². The largest absolute Gasteiger partial charge is 0.374 e. The third-order valence-corrected chi connectivity index (χ3v) is 4.93. The normalized spacial score (nSPS) is 18.7. The zero-order chi connectivity index (χ0) is 18.5. The summed E-state index contributed by atoms with van der Waals surface area (Å²) in [6, 6.07) is 7.58. The summed E-state index contributed by atoms with van der Waals surface area (Å²) in [4.78, 5) is 19.0. The first-order chi connectivity index (χ1) is 12.6. The molecule has 7 nitrogen and oxygen atoms in total. The minimum absolute atomic E-state index is 0.0518.